The molecular weight excluding hydrogens is 432 g/mol. The van der Waals surface area contributed by atoms with Gasteiger partial charge in [-0.05, 0) is 23.3 Å². The maximum atomic E-state index is 5.51. The molecular formula is C26H28N4O2S. The lowest BCUT2D eigenvalue weighted by molar-refractivity contribution is 0.0331. The van der Waals surface area contributed by atoms with Crippen LogP contribution in [-0.4, -0.2) is 55.3 Å². The van der Waals surface area contributed by atoms with Gasteiger partial charge in [-0.3, -0.25) is 4.90 Å². The summed E-state index contributed by atoms with van der Waals surface area (Å²) in [5.74, 6) is 2.69. The molecule has 2 aromatic heterocycles. The summed E-state index contributed by atoms with van der Waals surface area (Å²) in [5.41, 5.74) is 3.54. The van der Waals surface area contributed by atoms with Gasteiger partial charge in [-0.25, -0.2) is 9.97 Å². The Hall–Kier alpha value is -3.00. The van der Waals surface area contributed by atoms with Crippen molar-refractivity contribution in [2.45, 2.75) is 13.1 Å². The molecule has 7 heteroatoms. The molecule has 6 nitrogen and oxygen atoms in total. The van der Waals surface area contributed by atoms with Crippen LogP contribution in [0.1, 0.15) is 11.4 Å². The molecule has 170 valence electrons. The van der Waals surface area contributed by atoms with Crippen LogP contribution in [0.5, 0.6) is 5.75 Å². The summed E-state index contributed by atoms with van der Waals surface area (Å²) in [7, 11) is 3.80. The summed E-state index contributed by atoms with van der Waals surface area (Å²) in [6, 6.07) is 18.7. The Morgan fingerprint density at radius 1 is 1.06 bits per heavy atom. The number of methoxy groups -OCH3 is 1. The molecule has 33 heavy (non-hydrogen) atoms. The highest BCUT2D eigenvalue weighted by atomic mass is 32.1. The molecule has 1 saturated heterocycles. The fourth-order valence-electron chi connectivity index (χ4n) is 4.22. The van der Waals surface area contributed by atoms with Gasteiger partial charge in [0.05, 0.1) is 32.3 Å². The topological polar surface area (TPSA) is 50.7 Å². The van der Waals surface area contributed by atoms with Crippen LogP contribution >= 0.6 is 11.3 Å². The summed E-state index contributed by atoms with van der Waals surface area (Å²) < 4.78 is 10.9. The van der Waals surface area contributed by atoms with E-state index in [2.05, 4.69) is 58.6 Å². The number of morpholine rings is 1. The van der Waals surface area contributed by atoms with Crippen LogP contribution in [0.4, 0.5) is 5.82 Å². The molecule has 0 amide bonds. The molecule has 1 fully saturated rings. The Morgan fingerprint density at radius 2 is 1.88 bits per heavy atom. The maximum Gasteiger partial charge on any atom is 0.146 e. The summed E-state index contributed by atoms with van der Waals surface area (Å²) >= 11 is 1.69. The van der Waals surface area contributed by atoms with Gasteiger partial charge in [0.25, 0.3) is 0 Å². The zero-order valence-corrected chi connectivity index (χ0v) is 19.8. The number of fused-ring (bicyclic) bond motifs is 1. The second-order valence-corrected chi connectivity index (χ2v) is 9.11. The van der Waals surface area contributed by atoms with Crippen LogP contribution in [0.2, 0.25) is 0 Å². The molecule has 0 saturated carbocycles. The molecule has 1 aliphatic heterocycles. The number of aromatic nitrogens is 2. The van der Waals surface area contributed by atoms with Crippen molar-refractivity contribution < 1.29 is 9.47 Å². The minimum atomic E-state index is 0.727. The molecule has 0 aliphatic carbocycles. The highest BCUT2D eigenvalue weighted by molar-refractivity contribution is 7.17. The minimum absolute atomic E-state index is 0.727. The molecule has 0 atom stereocenters. The molecule has 1 aliphatic rings. The number of nitrogens with zero attached hydrogens (tertiary/aromatic N) is 4. The first-order valence-corrected chi connectivity index (χ1v) is 12.1. The third kappa shape index (κ3) is 4.85. The number of hydrogen-bond donors (Lipinski definition) is 0. The largest absolute Gasteiger partial charge is 0.497 e. The SMILES string of the molecule is COc1cccc(CN(C)c2nc(CN3CCOCC3)nc3scc(-c4ccccc4)c23)c1. The highest BCUT2D eigenvalue weighted by Gasteiger charge is 2.20. The van der Waals surface area contributed by atoms with Gasteiger partial charge in [0, 0.05) is 37.6 Å². The smallest absolute Gasteiger partial charge is 0.146 e. The second-order valence-electron chi connectivity index (χ2n) is 8.26. The van der Waals surface area contributed by atoms with E-state index in [-0.39, 0.29) is 0 Å². The van der Waals surface area contributed by atoms with Gasteiger partial charge in [-0.1, -0.05) is 42.5 Å². The first kappa shape index (κ1) is 21.8. The number of rotatable bonds is 7. The molecule has 4 aromatic rings. The van der Waals surface area contributed by atoms with Gasteiger partial charge in [0.2, 0.25) is 0 Å². The van der Waals surface area contributed by atoms with Crippen LogP contribution in [0.3, 0.4) is 0 Å². The van der Waals surface area contributed by atoms with Crippen LogP contribution in [0, 0.1) is 0 Å². The second kappa shape index (κ2) is 9.87. The number of ether oxygens (including phenoxy) is 2. The van der Waals surface area contributed by atoms with E-state index < -0.39 is 0 Å². The van der Waals surface area contributed by atoms with E-state index in [1.165, 1.54) is 16.7 Å². The lowest BCUT2D eigenvalue weighted by atomic mass is 10.1. The van der Waals surface area contributed by atoms with Crippen LogP contribution in [0.25, 0.3) is 21.3 Å². The van der Waals surface area contributed by atoms with Crippen molar-refractivity contribution in [3.05, 3.63) is 71.4 Å². The normalized spacial score (nSPS) is 14.5. The quantitative estimate of drug-likeness (QED) is 0.394. The summed E-state index contributed by atoms with van der Waals surface area (Å²) in [6.07, 6.45) is 0. The minimum Gasteiger partial charge on any atom is -0.497 e. The molecule has 0 unspecified atom stereocenters. The van der Waals surface area contributed by atoms with Crippen molar-refractivity contribution in [3.63, 3.8) is 0 Å². The van der Waals surface area contributed by atoms with Crippen LogP contribution in [-0.2, 0) is 17.8 Å². The monoisotopic (exact) mass is 460 g/mol. The van der Waals surface area contributed by atoms with Gasteiger partial charge in [-0.2, -0.15) is 0 Å². The molecule has 0 bridgehead atoms. The van der Waals surface area contributed by atoms with E-state index in [9.17, 15) is 0 Å². The Labute approximate surface area is 198 Å². The molecule has 0 N–H and O–H groups in total. The zero-order chi connectivity index (χ0) is 22.6. The van der Waals surface area contributed by atoms with Crippen molar-refractivity contribution in [1.82, 2.24) is 14.9 Å². The Bertz CT molecular complexity index is 1220. The average molecular weight is 461 g/mol. The van der Waals surface area contributed by atoms with Crippen molar-refractivity contribution >= 4 is 27.4 Å². The van der Waals surface area contributed by atoms with E-state index in [0.29, 0.717) is 0 Å². The van der Waals surface area contributed by atoms with E-state index in [4.69, 9.17) is 19.4 Å². The summed E-state index contributed by atoms with van der Waals surface area (Å²) in [6.45, 7) is 4.82. The summed E-state index contributed by atoms with van der Waals surface area (Å²) in [5, 5.41) is 3.32. The van der Waals surface area contributed by atoms with E-state index in [0.717, 1.165) is 67.0 Å². The fourth-order valence-corrected chi connectivity index (χ4v) is 5.18. The van der Waals surface area contributed by atoms with Gasteiger partial charge in [0.15, 0.2) is 0 Å². The maximum absolute atomic E-state index is 5.51. The number of hydrogen-bond acceptors (Lipinski definition) is 7. The van der Waals surface area contributed by atoms with Gasteiger partial charge in [-0.15, -0.1) is 11.3 Å². The zero-order valence-electron chi connectivity index (χ0n) is 19.0. The molecule has 0 spiro atoms. The van der Waals surface area contributed by atoms with E-state index in [1.54, 1.807) is 18.4 Å². The summed E-state index contributed by atoms with van der Waals surface area (Å²) in [4.78, 5) is 15.7. The fraction of sp³-hybridized carbons (Fsp3) is 0.308. The van der Waals surface area contributed by atoms with Crippen molar-refractivity contribution in [2.24, 2.45) is 0 Å². The Morgan fingerprint density at radius 3 is 2.67 bits per heavy atom. The van der Waals surface area contributed by atoms with E-state index in [1.807, 2.05) is 18.2 Å². The first-order chi connectivity index (χ1) is 16.2. The van der Waals surface area contributed by atoms with Gasteiger partial charge >= 0.3 is 0 Å². The van der Waals surface area contributed by atoms with Crippen LogP contribution < -0.4 is 9.64 Å². The standard InChI is InChI=1S/C26H28N4O2S/c1-29(16-19-7-6-10-21(15-19)31-2)25-24-22(20-8-4-3-5-9-20)18-33-26(24)28-23(27-25)17-30-11-13-32-14-12-30/h3-10,15,18H,11-14,16-17H2,1-2H3. The lowest BCUT2D eigenvalue weighted by Crippen LogP contribution is -2.36. The van der Waals surface area contributed by atoms with Gasteiger partial charge < -0.3 is 14.4 Å². The van der Waals surface area contributed by atoms with Gasteiger partial charge in [0.1, 0.15) is 22.2 Å². The van der Waals surface area contributed by atoms with Crippen molar-refractivity contribution in [1.29, 1.82) is 0 Å². The number of anilines is 1. The van der Waals surface area contributed by atoms with Crippen molar-refractivity contribution in [3.8, 4) is 16.9 Å². The number of benzene rings is 2. The Kier molecular flexibility index (Phi) is 6.53. The molecule has 3 heterocycles. The van der Waals surface area contributed by atoms with E-state index >= 15 is 0 Å². The number of thiophene rings is 1. The van der Waals surface area contributed by atoms with Crippen LogP contribution in [0.15, 0.2) is 60.0 Å². The first-order valence-electron chi connectivity index (χ1n) is 11.2. The third-order valence-corrected chi connectivity index (χ3v) is 6.80. The lowest BCUT2D eigenvalue weighted by Gasteiger charge is -2.26. The average Bonchev–Trinajstić information content (AvgIpc) is 3.29. The highest BCUT2D eigenvalue weighted by Crippen LogP contribution is 2.38. The third-order valence-electron chi connectivity index (χ3n) is 5.93. The predicted molar refractivity (Wildman–Crippen MR) is 134 cm³/mol. The molecule has 0 radical (unpaired) electrons. The molecule has 2 aromatic carbocycles. The molecule has 5 rings (SSSR count). The Balaban J connectivity index is 1.55. The van der Waals surface area contributed by atoms with Crippen molar-refractivity contribution in [2.75, 3.05) is 45.4 Å². The predicted octanol–water partition coefficient (Wildman–Crippen LogP) is 4.84.